The van der Waals surface area contributed by atoms with Crippen molar-refractivity contribution in [3.8, 4) is 0 Å². The van der Waals surface area contributed by atoms with Gasteiger partial charge in [-0.25, -0.2) is 0 Å². The lowest BCUT2D eigenvalue weighted by Gasteiger charge is -2.33. The Morgan fingerprint density at radius 2 is 1.96 bits per heavy atom. The molecule has 4 heteroatoms. The van der Waals surface area contributed by atoms with Gasteiger partial charge in [-0.2, -0.15) is 0 Å². The molecule has 0 saturated carbocycles. The van der Waals surface area contributed by atoms with Crippen molar-refractivity contribution in [2.45, 2.75) is 51.2 Å². The highest BCUT2D eigenvalue weighted by Gasteiger charge is 2.32. The Balaban J connectivity index is 1.41. The van der Waals surface area contributed by atoms with E-state index in [-0.39, 0.29) is 18.1 Å². The zero-order valence-electron chi connectivity index (χ0n) is 14.0. The molecule has 1 aromatic carbocycles. The molecule has 0 bridgehead atoms. The summed E-state index contributed by atoms with van der Waals surface area (Å²) in [6, 6.07) is 8.64. The maximum absolute atomic E-state index is 12.4. The molecule has 4 nitrogen and oxygen atoms in total. The van der Waals surface area contributed by atoms with Gasteiger partial charge < -0.3 is 15.3 Å². The van der Waals surface area contributed by atoms with E-state index in [1.54, 1.807) is 0 Å². The van der Waals surface area contributed by atoms with Crippen molar-refractivity contribution in [1.29, 1.82) is 0 Å². The number of β-amino-alcohol motifs (C(OH)–C–C–N with tert-alkyl or cyclic N) is 1. The predicted molar refractivity (Wildman–Crippen MR) is 91.2 cm³/mol. The van der Waals surface area contributed by atoms with Gasteiger partial charge in [0, 0.05) is 19.6 Å². The first-order valence-electron chi connectivity index (χ1n) is 8.87. The first kappa shape index (κ1) is 16.5. The molecule has 126 valence electrons. The monoisotopic (exact) mass is 316 g/mol. The molecule has 2 heterocycles. The second-order valence-corrected chi connectivity index (χ2v) is 7.14. The standard InChI is InChI=1S/C19H28N2O2/c1-14-2-4-15(5-3-14)6-7-16-8-10-21(11-9-16)19(23)18-12-17(22)13-20-18/h2-5,16-18,20,22H,6-13H2,1H3/t17-,18-/m0/s1. The minimum atomic E-state index is -0.365. The van der Waals surface area contributed by atoms with E-state index in [1.807, 2.05) is 4.90 Å². The van der Waals surface area contributed by atoms with Crippen molar-refractivity contribution < 1.29 is 9.90 Å². The summed E-state index contributed by atoms with van der Waals surface area (Å²) >= 11 is 0. The van der Waals surface area contributed by atoms with Crippen LogP contribution in [0.3, 0.4) is 0 Å². The quantitative estimate of drug-likeness (QED) is 0.892. The average Bonchev–Trinajstić information content (AvgIpc) is 3.01. The van der Waals surface area contributed by atoms with Gasteiger partial charge >= 0.3 is 0 Å². The molecule has 2 fully saturated rings. The second kappa shape index (κ2) is 7.45. The van der Waals surface area contributed by atoms with Crippen molar-refractivity contribution in [1.82, 2.24) is 10.2 Å². The molecule has 0 unspecified atom stereocenters. The molecule has 23 heavy (non-hydrogen) atoms. The Hall–Kier alpha value is -1.39. The third-order valence-electron chi connectivity index (χ3n) is 5.29. The van der Waals surface area contributed by atoms with Crippen LogP contribution in [0.2, 0.25) is 0 Å². The summed E-state index contributed by atoms with van der Waals surface area (Å²) in [5.41, 5.74) is 2.73. The molecule has 3 rings (SSSR count). The van der Waals surface area contributed by atoms with Crippen LogP contribution in [0.25, 0.3) is 0 Å². The average molecular weight is 316 g/mol. The van der Waals surface area contributed by atoms with Gasteiger partial charge in [0.05, 0.1) is 12.1 Å². The summed E-state index contributed by atoms with van der Waals surface area (Å²) in [5, 5.41) is 12.7. The molecule has 2 N–H and O–H groups in total. The number of carbonyl (C=O) groups is 1. The highest BCUT2D eigenvalue weighted by atomic mass is 16.3. The molecule has 1 aromatic rings. The maximum atomic E-state index is 12.4. The highest BCUT2D eigenvalue weighted by Crippen LogP contribution is 2.24. The van der Waals surface area contributed by atoms with E-state index < -0.39 is 0 Å². The largest absolute Gasteiger partial charge is 0.392 e. The Labute approximate surface area is 138 Å². The molecule has 0 aliphatic carbocycles. The number of aryl methyl sites for hydroxylation is 2. The summed E-state index contributed by atoms with van der Waals surface area (Å²) in [6.07, 6.45) is 4.75. The van der Waals surface area contributed by atoms with Crippen molar-refractivity contribution >= 4 is 5.91 Å². The molecule has 0 spiro atoms. The van der Waals surface area contributed by atoms with Gasteiger partial charge in [-0.05, 0) is 50.5 Å². The highest BCUT2D eigenvalue weighted by molar-refractivity contribution is 5.82. The molecule has 0 aromatic heterocycles. The third kappa shape index (κ3) is 4.33. The number of nitrogens with zero attached hydrogens (tertiary/aromatic N) is 1. The molecule has 2 saturated heterocycles. The van der Waals surface area contributed by atoms with Crippen LogP contribution in [0.4, 0.5) is 0 Å². The van der Waals surface area contributed by atoms with Gasteiger partial charge in [-0.3, -0.25) is 4.79 Å². The number of hydrogen-bond donors (Lipinski definition) is 2. The van der Waals surface area contributed by atoms with Crippen molar-refractivity contribution in [3.63, 3.8) is 0 Å². The van der Waals surface area contributed by atoms with Crippen LogP contribution < -0.4 is 5.32 Å². The first-order chi connectivity index (χ1) is 11.1. The summed E-state index contributed by atoms with van der Waals surface area (Å²) in [5.74, 6) is 0.904. The van der Waals surface area contributed by atoms with Crippen molar-refractivity contribution in [3.05, 3.63) is 35.4 Å². The lowest BCUT2D eigenvalue weighted by atomic mass is 9.90. The van der Waals surface area contributed by atoms with Gasteiger partial charge in [0.1, 0.15) is 0 Å². The number of carbonyl (C=O) groups excluding carboxylic acids is 1. The lowest BCUT2D eigenvalue weighted by Crippen LogP contribution is -2.47. The molecular weight excluding hydrogens is 288 g/mol. The lowest BCUT2D eigenvalue weighted by molar-refractivity contribution is -0.134. The van der Waals surface area contributed by atoms with Crippen LogP contribution in [0.5, 0.6) is 0 Å². The number of nitrogens with one attached hydrogen (secondary N) is 1. The number of piperidine rings is 1. The predicted octanol–water partition coefficient (Wildman–Crippen LogP) is 1.89. The summed E-state index contributed by atoms with van der Waals surface area (Å²) < 4.78 is 0. The molecule has 2 aliphatic heterocycles. The van der Waals surface area contributed by atoms with E-state index in [9.17, 15) is 9.90 Å². The van der Waals surface area contributed by atoms with Crippen LogP contribution in [-0.4, -0.2) is 47.7 Å². The fourth-order valence-electron chi connectivity index (χ4n) is 3.69. The topological polar surface area (TPSA) is 52.6 Å². The first-order valence-corrected chi connectivity index (χ1v) is 8.87. The summed E-state index contributed by atoms with van der Waals surface area (Å²) in [6.45, 7) is 4.40. The number of likely N-dealkylation sites (tertiary alicyclic amines) is 1. The van der Waals surface area contributed by atoms with Gasteiger partial charge in [0.15, 0.2) is 0 Å². The van der Waals surface area contributed by atoms with E-state index in [0.717, 1.165) is 38.3 Å². The van der Waals surface area contributed by atoms with E-state index in [1.165, 1.54) is 17.5 Å². The Morgan fingerprint density at radius 1 is 1.26 bits per heavy atom. The zero-order valence-corrected chi connectivity index (χ0v) is 14.0. The van der Waals surface area contributed by atoms with Crippen molar-refractivity contribution in [2.75, 3.05) is 19.6 Å². The molecule has 1 amide bonds. The molecular formula is C19H28N2O2. The van der Waals surface area contributed by atoms with Crippen LogP contribution in [0, 0.1) is 12.8 Å². The minimum absolute atomic E-state index is 0.172. The fraction of sp³-hybridized carbons (Fsp3) is 0.632. The Morgan fingerprint density at radius 3 is 2.57 bits per heavy atom. The van der Waals surface area contributed by atoms with E-state index >= 15 is 0 Å². The Kier molecular flexibility index (Phi) is 5.34. The zero-order chi connectivity index (χ0) is 16.2. The molecule has 2 aliphatic rings. The second-order valence-electron chi connectivity index (χ2n) is 7.14. The smallest absolute Gasteiger partial charge is 0.239 e. The Bertz CT molecular complexity index is 521. The van der Waals surface area contributed by atoms with Gasteiger partial charge in [-0.1, -0.05) is 29.8 Å². The summed E-state index contributed by atoms with van der Waals surface area (Å²) in [4.78, 5) is 14.4. The van der Waals surface area contributed by atoms with Gasteiger partial charge in [0.25, 0.3) is 0 Å². The minimum Gasteiger partial charge on any atom is -0.392 e. The number of hydrogen-bond acceptors (Lipinski definition) is 3. The number of rotatable bonds is 4. The third-order valence-corrected chi connectivity index (χ3v) is 5.29. The van der Waals surface area contributed by atoms with Crippen LogP contribution in [0.15, 0.2) is 24.3 Å². The van der Waals surface area contributed by atoms with Crippen LogP contribution in [0.1, 0.15) is 36.8 Å². The fourth-order valence-corrected chi connectivity index (χ4v) is 3.69. The number of amides is 1. The van der Waals surface area contributed by atoms with Crippen LogP contribution in [-0.2, 0) is 11.2 Å². The summed E-state index contributed by atoms with van der Waals surface area (Å²) in [7, 11) is 0. The van der Waals surface area contributed by atoms with Gasteiger partial charge in [0.2, 0.25) is 5.91 Å². The molecule has 0 radical (unpaired) electrons. The van der Waals surface area contributed by atoms with E-state index in [4.69, 9.17) is 0 Å². The normalized spacial score (nSPS) is 25.7. The van der Waals surface area contributed by atoms with E-state index in [2.05, 4.69) is 36.5 Å². The molecule has 2 atom stereocenters. The maximum Gasteiger partial charge on any atom is 0.239 e. The number of aliphatic hydroxyl groups is 1. The SMILES string of the molecule is Cc1ccc(CCC2CCN(C(=O)[C@@H]3C[C@H](O)CN3)CC2)cc1. The van der Waals surface area contributed by atoms with Crippen molar-refractivity contribution in [2.24, 2.45) is 5.92 Å². The number of aliphatic hydroxyl groups excluding tert-OH is 1. The van der Waals surface area contributed by atoms with E-state index in [0.29, 0.717) is 13.0 Å². The van der Waals surface area contributed by atoms with Gasteiger partial charge in [-0.15, -0.1) is 0 Å². The number of benzene rings is 1. The van der Waals surface area contributed by atoms with Crippen LogP contribution >= 0.6 is 0 Å².